The van der Waals surface area contributed by atoms with Crippen molar-refractivity contribution in [2.24, 2.45) is 6.98 Å². The molecule has 1 saturated heterocycles. The quantitative estimate of drug-likeness (QED) is 0.859. The van der Waals surface area contributed by atoms with Crippen molar-refractivity contribution in [1.29, 1.82) is 0 Å². The number of amides is 1. The van der Waals surface area contributed by atoms with E-state index >= 15 is 0 Å². The summed E-state index contributed by atoms with van der Waals surface area (Å²) in [7, 11) is 0. The summed E-state index contributed by atoms with van der Waals surface area (Å²) in [5.74, 6) is -0.262. The van der Waals surface area contributed by atoms with Crippen LogP contribution in [0.15, 0.2) is 30.6 Å². The minimum Gasteiger partial charge on any atom is -0.368 e. The van der Waals surface area contributed by atoms with Gasteiger partial charge in [-0.1, -0.05) is 0 Å². The van der Waals surface area contributed by atoms with E-state index in [1.807, 2.05) is 6.07 Å². The van der Waals surface area contributed by atoms with Gasteiger partial charge in [-0.25, -0.2) is 4.98 Å². The number of anilines is 2. The van der Waals surface area contributed by atoms with Crippen molar-refractivity contribution < 1.29 is 8.91 Å². The number of hydrogen-bond acceptors (Lipinski definition) is 5. The van der Waals surface area contributed by atoms with E-state index < -0.39 is 12.9 Å². The van der Waals surface area contributed by atoms with Crippen LogP contribution >= 0.6 is 0 Å². The van der Waals surface area contributed by atoms with E-state index in [4.69, 9.17) is 4.11 Å². The summed E-state index contributed by atoms with van der Waals surface area (Å²) in [6.45, 7) is 1.29. The topological polar surface area (TPSA) is 75.1 Å². The zero-order chi connectivity index (χ0) is 17.2. The van der Waals surface area contributed by atoms with Crippen molar-refractivity contribution in [3.8, 4) is 0 Å². The fourth-order valence-corrected chi connectivity index (χ4v) is 2.20. The lowest BCUT2D eigenvalue weighted by Gasteiger charge is -2.29. The molecule has 0 bridgehead atoms. The predicted molar refractivity (Wildman–Crippen MR) is 80.5 cm³/mol. The maximum absolute atomic E-state index is 12.2. The summed E-state index contributed by atoms with van der Waals surface area (Å²) in [6, 6.07) is 4.93. The van der Waals surface area contributed by atoms with Gasteiger partial charge in [0.1, 0.15) is 5.69 Å². The minimum atomic E-state index is -2.37. The summed E-state index contributed by atoms with van der Waals surface area (Å²) in [5, 5.41) is 9.64. The largest absolute Gasteiger partial charge is 0.368 e. The second kappa shape index (κ2) is 5.92. The Morgan fingerprint density at radius 3 is 2.90 bits per heavy atom. The highest BCUT2D eigenvalue weighted by Crippen LogP contribution is 2.14. The molecule has 0 aliphatic carbocycles. The highest BCUT2D eigenvalue weighted by molar-refractivity contribution is 6.02. The van der Waals surface area contributed by atoms with Gasteiger partial charge in [0, 0.05) is 49.5 Å². The Kier molecular flexibility index (Phi) is 2.92. The number of carbonyl (C=O) groups excluding carboxylic acids is 1. The fraction of sp³-hybridized carbons (Fsp3) is 0.357. The van der Waals surface area contributed by atoms with Gasteiger partial charge in [-0.15, -0.1) is 0 Å². The average Bonchev–Trinajstić information content (AvgIpc) is 3.05. The molecule has 0 spiro atoms. The standard InChI is InChI=1S/C14H18N6O/c1-19-7-4-13(18-19)17-14(21)12-3-2-11(10-16-12)20-8-5-15-6-9-20/h2-4,7,10,15H,5-6,8-9H2,1H3,(H,17,18,21)/i1D3. The van der Waals surface area contributed by atoms with Gasteiger partial charge in [-0.05, 0) is 12.1 Å². The van der Waals surface area contributed by atoms with Crippen molar-refractivity contribution in [3.63, 3.8) is 0 Å². The van der Waals surface area contributed by atoms with E-state index in [-0.39, 0.29) is 11.5 Å². The molecule has 1 aliphatic heterocycles. The molecular weight excluding hydrogens is 268 g/mol. The van der Waals surface area contributed by atoms with Crippen molar-refractivity contribution in [2.75, 3.05) is 36.4 Å². The van der Waals surface area contributed by atoms with Gasteiger partial charge in [0.2, 0.25) is 0 Å². The van der Waals surface area contributed by atoms with E-state index in [1.54, 1.807) is 12.3 Å². The molecule has 1 aliphatic rings. The van der Waals surface area contributed by atoms with Crippen LogP contribution in [0, 0.1) is 0 Å². The number of nitrogens with zero attached hydrogens (tertiary/aromatic N) is 4. The second-order valence-corrected chi connectivity index (χ2v) is 4.74. The summed E-state index contributed by atoms with van der Waals surface area (Å²) >= 11 is 0. The van der Waals surface area contributed by atoms with Crippen LogP contribution in [0.5, 0.6) is 0 Å². The van der Waals surface area contributed by atoms with Gasteiger partial charge in [0.25, 0.3) is 5.91 Å². The van der Waals surface area contributed by atoms with Gasteiger partial charge in [-0.3, -0.25) is 9.48 Å². The number of aromatic nitrogens is 3. The number of nitrogens with one attached hydrogen (secondary N) is 2. The number of aryl methyl sites for hydroxylation is 1. The Hall–Kier alpha value is -2.41. The molecule has 2 aromatic rings. The van der Waals surface area contributed by atoms with Crippen LogP contribution in [-0.2, 0) is 6.98 Å². The Labute approximate surface area is 127 Å². The number of pyridine rings is 1. The van der Waals surface area contributed by atoms with Crippen LogP contribution in [0.25, 0.3) is 0 Å². The molecule has 0 saturated carbocycles. The predicted octanol–water partition coefficient (Wildman–Crippen LogP) is 0.477. The molecule has 21 heavy (non-hydrogen) atoms. The van der Waals surface area contributed by atoms with Gasteiger partial charge in [0.05, 0.1) is 11.9 Å². The van der Waals surface area contributed by atoms with Crippen LogP contribution in [0.2, 0.25) is 0 Å². The van der Waals surface area contributed by atoms with E-state index in [9.17, 15) is 4.79 Å². The fourth-order valence-electron chi connectivity index (χ4n) is 2.20. The molecule has 7 nitrogen and oxygen atoms in total. The first kappa shape index (κ1) is 10.3. The van der Waals surface area contributed by atoms with Crippen molar-refractivity contribution in [2.45, 2.75) is 0 Å². The summed E-state index contributed by atoms with van der Waals surface area (Å²) in [4.78, 5) is 18.6. The molecule has 1 amide bonds. The zero-order valence-electron chi connectivity index (χ0n) is 14.4. The van der Waals surface area contributed by atoms with Gasteiger partial charge in [0.15, 0.2) is 5.82 Å². The van der Waals surface area contributed by atoms with Gasteiger partial charge in [-0.2, -0.15) is 5.10 Å². The Morgan fingerprint density at radius 2 is 2.24 bits per heavy atom. The molecule has 0 radical (unpaired) electrons. The zero-order valence-corrected chi connectivity index (χ0v) is 11.4. The average molecular weight is 289 g/mol. The third-order valence-corrected chi connectivity index (χ3v) is 3.29. The molecule has 0 aromatic carbocycles. The van der Waals surface area contributed by atoms with Crippen molar-refractivity contribution in [3.05, 3.63) is 36.3 Å². The lowest BCUT2D eigenvalue weighted by atomic mass is 10.2. The van der Waals surface area contributed by atoms with Crippen LogP contribution in [-0.4, -0.2) is 46.9 Å². The number of rotatable bonds is 3. The first-order valence-electron chi connectivity index (χ1n) is 8.23. The van der Waals surface area contributed by atoms with Gasteiger partial charge >= 0.3 is 0 Å². The lowest BCUT2D eigenvalue weighted by molar-refractivity contribution is 0.102. The Morgan fingerprint density at radius 1 is 1.38 bits per heavy atom. The molecule has 2 aromatic heterocycles. The van der Waals surface area contributed by atoms with Gasteiger partial charge < -0.3 is 15.5 Å². The summed E-state index contributed by atoms with van der Waals surface area (Å²) in [5.41, 5.74) is 1.22. The van der Waals surface area contributed by atoms with Crippen molar-refractivity contribution >= 4 is 17.4 Å². The van der Waals surface area contributed by atoms with Crippen molar-refractivity contribution in [1.82, 2.24) is 20.1 Å². The molecule has 3 heterocycles. The first-order valence-corrected chi connectivity index (χ1v) is 6.73. The molecule has 0 atom stereocenters. The van der Waals surface area contributed by atoms with Crippen LogP contribution < -0.4 is 15.5 Å². The molecule has 7 heteroatoms. The first-order chi connectivity index (χ1) is 11.4. The number of hydrogen-bond donors (Lipinski definition) is 2. The van der Waals surface area contributed by atoms with E-state index in [2.05, 4.69) is 25.6 Å². The van der Waals surface area contributed by atoms with E-state index in [0.29, 0.717) is 0 Å². The molecule has 1 fully saturated rings. The number of piperazine rings is 1. The molecule has 110 valence electrons. The smallest absolute Gasteiger partial charge is 0.275 e. The molecular formula is C14H18N6O. The SMILES string of the molecule is [2H]C([2H])([2H])n1ccc(NC(=O)c2ccc(N3CCNCC3)cn2)n1. The maximum atomic E-state index is 12.2. The molecule has 3 rings (SSSR count). The molecule has 0 unspecified atom stereocenters. The monoisotopic (exact) mass is 289 g/mol. The highest BCUT2D eigenvalue weighted by atomic mass is 16.1. The van der Waals surface area contributed by atoms with Crippen LogP contribution in [0.1, 0.15) is 14.6 Å². The van der Waals surface area contributed by atoms with E-state index in [1.165, 1.54) is 12.3 Å². The Balaban J connectivity index is 1.65. The summed E-state index contributed by atoms with van der Waals surface area (Å²) in [6.07, 6.45) is 2.96. The van der Waals surface area contributed by atoms with Crippen LogP contribution in [0.3, 0.4) is 0 Å². The molecule has 2 N–H and O–H groups in total. The van der Waals surface area contributed by atoms with Crippen LogP contribution in [0.4, 0.5) is 11.5 Å². The second-order valence-electron chi connectivity index (χ2n) is 4.74. The third kappa shape index (κ3) is 3.19. The lowest BCUT2D eigenvalue weighted by Crippen LogP contribution is -2.43. The highest BCUT2D eigenvalue weighted by Gasteiger charge is 2.13. The number of carbonyl (C=O) groups is 1. The minimum absolute atomic E-state index is 0.170. The third-order valence-electron chi connectivity index (χ3n) is 3.29. The Bertz CT molecular complexity index is 706. The summed E-state index contributed by atoms with van der Waals surface area (Å²) < 4.78 is 22.6. The normalized spacial score (nSPS) is 17.7. The maximum Gasteiger partial charge on any atom is 0.275 e. The van der Waals surface area contributed by atoms with E-state index in [0.717, 1.165) is 36.5 Å².